The summed E-state index contributed by atoms with van der Waals surface area (Å²) in [6.07, 6.45) is 0. The molecule has 0 saturated heterocycles. The summed E-state index contributed by atoms with van der Waals surface area (Å²) in [5, 5.41) is 0. The van der Waals surface area contributed by atoms with E-state index in [4.69, 9.17) is 5.73 Å². The Morgan fingerprint density at radius 3 is 2.57 bits per heavy atom. The van der Waals surface area contributed by atoms with Gasteiger partial charge in [-0.15, -0.1) is 0 Å². The summed E-state index contributed by atoms with van der Waals surface area (Å²) in [6.45, 7) is 5.12. The highest BCUT2D eigenvalue weighted by Crippen LogP contribution is 2.22. The molecule has 0 unspecified atom stereocenters. The Morgan fingerprint density at radius 2 is 1.95 bits per heavy atom. The summed E-state index contributed by atoms with van der Waals surface area (Å²) in [5.74, 6) is 0.00706. The van der Waals surface area contributed by atoms with Crippen molar-refractivity contribution in [3.8, 4) is 0 Å². The summed E-state index contributed by atoms with van der Waals surface area (Å²) < 4.78 is 0.826. The van der Waals surface area contributed by atoms with Gasteiger partial charge < -0.3 is 10.6 Å². The monoisotopic (exact) mass is 346 g/mol. The molecule has 0 saturated carbocycles. The highest BCUT2D eigenvalue weighted by Gasteiger charge is 2.17. The van der Waals surface area contributed by atoms with Gasteiger partial charge in [0.15, 0.2) is 0 Å². The van der Waals surface area contributed by atoms with Gasteiger partial charge in [-0.1, -0.05) is 24.3 Å². The van der Waals surface area contributed by atoms with E-state index >= 15 is 0 Å². The number of amides is 1. The minimum atomic E-state index is 0.00706. The van der Waals surface area contributed by atoms with Crippen LogP contribution in [0.2, 0.25) is 0 Å². The van der Waals surface area contributed by atoms with E-state index in [1.807, 2.05) is 56.3 Å². The van der Waals surface area contributed by atoms with Gasteiger partial charge in [-0.05, 0) is 59.1 Å². The van der Waals surface area contributed by atoms with Crippen LogP contribution in [0.25, 0.3) is 0 Å². The molecule has 0 heterocycles. The molecule has 110 valence electrons. The first kappa shape index (κ1) is 15.6. The third-order valence-electron chi connectivity index (χ3n) is 3.44. The molecule has 2 N–H and O–H groups in total. The van der Waals surface area contributed by atoms with Crippen molar-refractivity contribution in [3.05, 3.63) is 63.6 Å². The molecule has 3 nitrogen and oxygen atoms in total. The lowest BCUT2D eigenvalue weighted by atomic mass is 10.1. The van der Waals surface area contributed by atoms with Gasteiger partial charge in [0.05, 0.1) is 5.56 Å². The number of carbonyl (C=O) groups is 1. The first-order valence-corrected chi connectivity index (χ1v) is 7.71. The molecule has 0 aromatic heterocycles. The topological polar surface area (TPSA) is 46.3 Å². The first-order chi connectivity index (χ1) is 10.0. The largest absolute Gasteiger partial charge is 0.398 e. The van der Waals surface area contributed by atoms with E-state index in [2.05, 4.69) is 15.9 Å². The predicted octanol–water partition coefficient (Wildman–Crippen LogP) is 4.00. The number of hydrogen-bond acceptors (Lipinski definition) is 2. The van der Waals surface area contributed by atoms with Crippen LogP contribution in [0.3, 0.4) is 0 Å². The fourth-order valence-electron chi connectivity index (χ4n) is 2.17. The number of rotatable bonds is 4. The molecule has 0 aliphatic carbocycles. The van der Waals surface area contributed by atoms with Gasteiger partial charge in [0, 0.05) is 23.2 Å². The van der Waals surface area contributed by atoms with E-state index in [1.54, 1.807) is 4.90 Å². The molecular formula is C17H19BrN2O. The highest BCUT2D eigenvalue weighted by atomic mass is 79.9. The van der Waals surface area contributed by atoms with Gasteiger partial charge in [0.2, 0.25) is 0 Å². The Hall–Kier alpha value is -1.81. The summed E-state index contributed by atoms with van der Waals surface area (Å²) in [7, 11) is 0. The third-order valence-corrected chi connectivity index (χ3v) is 4.10. The number of hydrogen-bond donors (Lipinski definition) is 1. The zero-order chi connectivity index (χ0) is 15.4. The molecule has 2 aromatic rings. The van der Waals surface area contributed by atoms with E-state index in [9.17, 15) is 4.79 Å². The lowest BCUT2D eigenvalue weighted by Gasteiger charge is -2.22. The fraction of sp³-hybridized carbons (Fsp3) is 0.235. The van der Waals surface area contributed by atoms with Crippen molar-refractivity contribution >= 4 is 27.5 Å². The van der Waals surface area contributed by atoms with Crippen LogP contribution < -0.4 is 5.73 Å². The number of halogens is 1. The third kappa shape index (κ3) is 3.64. The highest BCUT2D eigenvalue weighted by molar-refractivity contribution is 9.10. The Bertz CT molecular complexity index is 655. The number of para-hydroxylation sites is 1. The van der Waals surface area contributed by atoms with Crippen molar-refractivity contribution in [1.29, 1.82) is 0 Å². The van der Waals surface area contributed by atoms with Crippen LogP contribution in [-0.2, 0) is 6.54 Å². The average molecular weight is 347 g/mol. The summed E-state index contributed by atoms with van der Waals surface area (Å²) >= 11 is 3.47. The van der Waals surface area contributed by atoms with Crippen LogP contribution in [-0.4, -0.2) is 17.4 Å². The predicted molar refractivity (Wildman–Crippen MR) is 90.1 cm³/mol. The van der Waals surface area contributed by atoms with E-state index in [0.717, 1.165) is 15.6 Å². The van der Waals surface area contributed by atoms with Crippen LogP contribution in [0.5, 0.6) is 0 Å². The molecule has 0 aliphatic heterocycles. The smallest absolute Gasteiger partial charge is 0.255 e. The first-order valence-electron chi connectivity index (χ1n) is 6.91. The molecule has 2 aromatic carbocycles. The fourth-order valence-corrected chi connectivity index (χ4v) is 2.84. The lowest BCUT2D eigenvalue weighted by Crippen LogP contribution is -2.30. The van der Waals surface area contributed by atoms with Crippen molar-refractivity contribution in [2.24, 2.45) is 0 Å². The van der Waals surface area contributed by atoms with Crippen molar-refractivity contribution in [3.63, 3.8) is 0 Å². The van der Waals surface area contributed by atoms with Crippen LogP contribution in [0.4, 0.5) is 5.69 Å². The zero-order valence-electron chi connectivity index (χ0n) is 12.3. The van der Waals surface area contributed by atoms with E-state index < -0.39 is 0 Å². The van der Waals surface area contributed by atoms with Gasteiger partial charge in [0.25, 0.3) is 5.91 Å². The van der Waals surface area contributed by atoms with E-state index in [1.165, 1.54) is 0 Å². The molecule has 4 heteroatoms. The Kier molecular flexibility index (Phi) is 5.02. The molecule has 0 aliphatic rings. The number of anilines is 1. The van der Waals surface area contributed by atoms with Crippen molar-refractivity contribution in [2.75, 3.05) is 12.3 Å². The number of aryl methyl sites for hydroxylation is 1. The van der Waals surface area contributed by atoms with Crippen molar-refractivity contribution in [1.82, 2.24) is 4.90 Å². The minimum Gasteiger partial charge on any atom is -0.398 e. The van der Waals surface area contributed by atoms with Crippen LogP contribution in [0, 0.1) is 6.92 Å². The molecule has 0 spiro atoms. The van der Waals surface area contributed by atoms with Gasteiger partial charge in [0.1, 0.15) is 0 Å². The maximum absolute atomic E-state index is 12.7. The lowest BCUT2D eigenvalue weighted by molar-refractivity contribution is 0.0752. The van der Waals surface area contributed by atoms with Gasteiger partial charge in [-0.2, -0.15) is 0 Å². The normalized spacial score (nSPS) is 10.4. The second kappa shape index (κ2) is 6.76. The van der Waals surface area contributed by atoms with E-state index in [0.29, 0.717) is 24.3 Å². The standard InChI is InChI=1S/C17H19BrN2O/c1-3-20(11-13-6-4-5-7-16(13)19)17(21)14-9-8-12(2)10-15(14)18/h4-10H,3,11,19H2,1-2H3. The average Bonchev–Trinajstić information content (AvgIpc) is 2.46. The number of nitrogens with zero attached hydrogens (tertiary/aromatic N) is 1. The second-order valence-corrected chi connectivity index (χ2v) is 5.86. The Balaban J connectivity index is 2.25. The van der Waals surface area contributed by atoms with Crippen LogP contribution in [0.15, 0.2) is 46.9 Å². The molecule has 1 amide bonds. The van der Waals surface area contributed by atoms with Crippen LogP contribution >= 0.6 is 15.9 Å². The molecule has 2 rings (SSSR count). The van der Waals surface area contributed by atoms with Gasteiger partial charge >= 0.3 is 0 Å². The molecule has 21 heavy (non-hydrogen) atoms. The SMILES string of the molecule is CCN(Cc1ccccc1N)C(=O)c1ccc(C)cc1Br. The number of nitrogen functional groups attached to an aromatic ring is 1. The number of nitrogens with two attached hydrogens (primary N) is 1. The van der Waals surface area contributed by atoms with E-state index in [-0.39, 0.29) is 5.91 Å². The number of benzene rings is 2. The van der Waals surface area contributed by atoms with Gasteiger partial charge in [-0.25, -0.2) is 0 Å². The molecule has 0 radical (unpaired) electrons. The Morgan fingerprint density at radius 1 is 1.24 bits per heavy atom. The maximum atomic E-state index is 12.7. The molecular weight excluding hydrogens is 328 g/mol. The molecule has 0 bridgehead atoms. The van der Waals surface area contributed by atoms with Crippen molar-refractivity contribution < 1.29 is 4.79 Å². The second-order valence-electron chi connectivity index (χ2n) is 5.00. The summed E-state index contributed by atoms with van der Waals surface area (Å²) in [4.78, 5) is 14.5. The van der Waals surface area contributed by atoms with Crippen molar-refractivity contribution in [2.45, 2.75) is 20.4 Å². The maximum Gasteiger partial charge on any atom is 0.255 e. The zero-order valence-corrected chi connectivity index (χ0v) is 13.9. The molecule has 0 fully saturated rings. The minimum absolute atomic E-state index is 0.00706. The molecule has 0 atom stereocenters. The number of carbonyl (C=O) groups excluding carboxylic acids is 1. The summed E-state index contributed by atoms with van der Waals surface area (Å²) in [5.41, 5.74) is 9.44. The summed E-state index contributed by atoms with van der Waals surface area (Å²) in [6, 6.07) is 13.4. The van der Waals surface area contributed by atoms with Crippen LogP contribution in [0.1, 0.15) is 28.4 Å². The van der Waals surface area contributed by atoms with Gasteiger partial charge in [-0.3, -0.25) is 4.79 Å². The quantitative estimate of drug-likeness (QED) is 0.850. The Labute approximate surface area is 133 Å².